The molecule has 26 heavy (non-hydrogen) atoms. The molecular formula is C19H33IN4O2. The zero-order chi connectivity index (χ0) is 18.1. The molecule has 1 heterocycles. The Morgan fingerprint density at radius 1 is 1.15 bits per heavy atom. The lowest BCUT2D eigenvalue weighted by Gasteiger charge is -2.30. The van der Waals surface area contributed by atoms with Crippen LogP contribution in [0.25, 0.3) is 0 Å². The van der Waals surface area contributed by atoms with Gasteiger partial charge in [-0.25, -0.2) is 0 Å². The number of methoxy groups -OCH3 is 2. The maximum atomic E-state index is 5.35. The van der Waals surface area contributed by atoms with Gasteiger partial charge in [-0.2, -0.15) is 0 Å². The summed E-state index contributed by atoms with van der Waals surface area (Å²) in [5, 5.41) is 6.73. The second kappa shape index (κ2) is 12.2. The average Bonchev–Trinajstić information content (AvgIpc) is 2.65. The molecule has 0 radical (unpaired) electrons. The first-order valence-corrected chi connectivity index (χ1v) is 9.04. The van der Waals surface area contributed by atoms with Crippen LogP contribution in [0.4, 0.5) is 0 Å². The van der Waals surface area contributed by atoms with Gasteiger partial charge in [0.05, 0.1) is 14.2 Å². The van der Waals surface area contributed by atoms with Gasteiger partial charge in [-0.05, 0) is 49.5 Å². The summed E-state index contributed by atoms with van der Waals surface area (Å²) >= 11 is 0. The van der Waals surface area contributed by atoms with Gasteiger partial charge in [-0.15, -0.1) is 24.0 Å². The maximum Gasteiger partial charge on any atom is 0.191 e. The average molecular weight is 476 g/mol. The summed E-state index contributed by atoms with van der Waals surface area (Å²) < 4.78 is 10.6. The second-order valence-corrected chi connectivity index (χ2v) is 6.57. The van der Waals surface area contributed by atoms with Crippen LogP contribution in [0.2, 0.25) is 0 Å². The first-order chi connectivity index (χ1) is 12.2. The Morgan fingerprint density at radius 3 is 2.46 bits per heavy atom. The number of nitrogens with one attached hydrogen (secondary N) is 2. The monoisotopic (exact) mass is 476 g/mol. The summed E-state index contributed by atoms with van der Waals surface area (Å²) in [6, 6.07) is 5.92. The van der Waals surface area contributed by atoms with Crippen LogP contribution in [0.3, 0.4) is 0 Å². The van der Waals surface area contributed by atoms with E-state index in [4.69, 9.17) is 9.47 Å². The Balaban J connectivity index is 0.00000338. The molecule has 0 unspecified atom stereocenters. The summed E-state index contributed by atoms with van der Waals surface area (Å²) in [6.07, 6.45) is 2.62. The SMILES string of the molecule is CN=C(NCCN1CCC(C)CC1)NCc1ccc(OC)c(OC)c1.I. The summed E-state index contributed by atoms with van der Waals surface area (Å²) in [7, 11) is 5.09. The normalized spacial score (nSPS) is 15.9. The van der Waals surface area contributed by atoms with E-state index in [1.54, 1.807) is 21.3 Å². The van der Waals surface area contributed by atoms with Gasteiger partial charge in [0.1, 0.15) is 0 Å². The number of rotatable bonds is 7. The van der Waals surface area contributed by atoms with Crippen LogP contribution in [-0.2, 0) is 6.54 Å². The molecule has 0 amide bonds. The van der Waals surface area contributed by atoms with Gasteiger partial charge in [0.2, 0.25) is 0 Å². The molecule has 2 N–H and O–H groups in total. The van der Waals surface area contributed by atoms with Crippen LogP contribution < -0.4 is 20.1 Å². The first kappa shape index (κ1) is 22.8. The number of piperidine rings is 1. The van der Waals surface area contributed by atoms with Crippen molar-refractivity contribution >= 4 is 29.9 Å². The van der Waals surface area contributed by atoms with Crippen LogP contribution in [0, 0.1) is 5.92 Å². The fourth-order valence-electron chi connectivity index (χ4n) is 3.02. The zero-order valence-electron chi connectivity index (χ0n) is 16.4. The van der Waals surface area contributed by atoms with Gasteiger partial charge < -0.3 is 25.0 Å². The molecule has 0 spiro atoms. The van der Waals surface area contributed by atoms with Crippen molar-refractivity contribution in [1.82, 2.24) is 15.5 Å². The lowest BCUT2D eigenvalue weighted by Crippen LogP contribution is -2.43. The number of hydrogen-bond acceptors (Lipinski definition) is 4. The fourth-order valence-corrected chi connectivity index (χ4v) is 3.02. The molecule has 0 atom stereocenters. The molecular weight excluding hydrogens is 443 g/mol. The van der Waals surface area contributed by atoms with E-state index in [1.807, 2.05) is 18.2 Å². The maximum absolute atomic E-state index is 5.35. The third-order valence-corrected chi connectivity index (χ3v) is 4.73. The minimum atomic E-state index is 0. The largest absolute Gasteiger partial charge is 0.493 e. The predicted molar refractivity (Wildman–Crippen MR) is 118 cm³/mol. The van der Waals surface area contributed by atoms with Crippen LogP contribution in [0.5, 0.6) is 11.5 Å². The molecule has 1 fully saturated rings. The molecule has 0 bridgehead atoms. The molecule has 2 rings (SSSR count). The van der Waals surface area contributed by atoms with Gasteiger partial charge in [0.25, 0.3) is 0 Å². The standard InChI is InChI=1S/C19H32N4O2.HI/c1-15-7-10-23(11-8-15)12-9-21-19(20-2)22-14-16-5-6-17(24-3)18(13-16)25-4;/h5-6,13,15H,7-12,14H2,1-4H3,(H2,20,21,22);1H. The number of halogens is 1. The van der Waals surface area contributed by atoms with Crippen molar-refractivity contribution in [3.05, 3.63) is 23.8 Å². The number of benzene rings is 1. The molecule has 1 aromatic carbocycles. The third-order valence-electron chi connectivity index (χ3n) is 4.73. The molecule has 1 saturated heterocycles. The van der Waals surface area contributed by atoms with Crippen LogP contribution in [0.1, 0.15) is 25.3 Å². The van der Waals surface area contributed by atoms with E-state index >= 15 is 0 Å². The van der Waals surface area contributed by atoms with Crippen molar-refractivity contribution in [2.45, 2.75) is 26.3 Å². The highest BCUT2D eigenvalue weighted by Crippen LogP contribution is 2.27. The topological polar surface area (TPSA) is 58.1 Å². The molecule has 148 valence electrons. The summed E-state index contributed by atoms with van der Waals surface area (Å²) in [6.45, 7) is 7.40. The Morgan fingerprint density at radius 2 is 1.85 bits per heavy atom. The number of hydrogen-bond donors (Lipinski definition) is 2. The van der Waals surface area contributed by atoms with Crippen LogP contribution >= 0.6 is 24.0 Å². The van der Waals surface area contributed by atoms with Gasteiger partial charge in [0.15, 0.2) is 17.5 Å². The van der Waals surface area contributed by atoms with Crippen molar-refractivity contribution in [2.24, 2.45) is 10.9 Å². The highest BCUT2D eigenvalue weighted by atomic mass is 127. The molecule has 0 aliphatic carbocycles. The van der Waals surface area contributed by atoms with E-state index in [-0.39, 0.29) is 24.0 Å². The number of guanidine groups is 1. The van der Waals surface area contributed by atoms with E-state index in [2.05, 4.69) is 27.4 Å². The van der Waals surface area contributed by atoms with Crippen LogP contribution in [0.15, 0.2) is 23.2 Å². The lowest BCUT2D eigenvalue weighted by atomic mass is 9.99. The molecule has 1 aliphatic rings. The van der Waals surface area contributed by atoms with Crippen molar-refractivity contribution < 1.29 is 9.47 Å². The summed E-state index contributed by atoms with van der Waals surface area (Å²) in [5.41, 5.74) is 1.12. The van der Waals surface area contributed by atoms with Crippen molar-refractivity contribution in [2.75, 3.05) is 47.4 Å². The Bertz CT molecular complexity index is 560. The number of likely N-dealkylation sites (tertiary alicyclic amines) is 1. The number of ether oxygens (including phenoxy) is 2. The van der Waals surface area contributed by atoms with Gasteiger partial charge >= 0.3 is 0 Å². The van der Waals surface area contributed by atoms with E-state index in [0.29, 0.717) is 6.54 Å². The van der Waals surface area contributed by atoms with Gasteiger partial charge in [-0.3, -0.25) is 4.99 Å². The Kier molecular flexibility index (Phi) is 10.7. The van der Waals surface area contributed by atoms with Crippen molar-refractivity contribution in [3.63, 3.8) is 0 Å². The minimum Gasteiger partial charge on any atom is -0.493 e. The lowest BCUT2D eigenvalue weighted by molar-refractivity contribution is 0.195. The molecule has 0 saturated carbocycles. The first-order valence-electron chi connectivity index (χ1n) is 9.04. The highest BCUT2D eigenvalue weighted by molar-refractivity contribution is 14.0. The molecule has 0 aromatic heterocycles. The van der Waals surface area contributed by atoms with E-state index in [9.17, 15) is 0 Å². The van der Waals surface area contributed by atoms with Crippen molar-refractivity contribution in [3.8, 4) is 11.5 Å². The summed E-state index contributed by atoms with van der Waals surface area (Å²) in [4.78, 5) is 6.82. The van der Waals surface area contributed by atoms with E-state index < -0.39 is 0 Å². The third kappa shape index (κ3) is 7.19. The quantitative estimate of drug-likeness (QED) is 0.360. The predicted octanol–water partition coefficient (Wildman–Crippen LogP) is 2.72. The molecule has 6 nitrogen and oxygen atoms in total. The zero-order valence-corrected chi connectivity index (χ0v) is 18.7. The van der Waals surface area contributed by atoms with Gasteiger partial charge in [0, 0.05) is 26.7 Å². The molecule has 1 aromatic rings. The second-order valence-electron chi connectivity index (χ2n) is 6.57. The molecule has 7 heteroatoms. The number of nitrogens with zero attached hydrogens (tertiary/aromatic N) is 2. The Hall–Kier alpha value is -1.22. The summed E-state index contributed by atoms with van der Waals surface area (Å²) in [5.74, 6) is 3.17. The Labute approximate surface area is 174 Å². The smallest absolute Gasteiger partial charge is 0.191 e. The fraction of sp³-hybridized carbons (Fsp3) is 0.632. The van der Waals surface area contributed by atoms with Crippen LogP contribution in [-0.4, -0.2) is 58.3 Å². The van der Waals surface area contributed by atoms with E-state index in [0.717, 1.165) is 42.0 Å². The highest BCUT2D eigenvalue weighted by Gasteiger charge is 2.15. The number of aliphatic imine (C=N–C) groups is 1. The molecule has 1 aliphatic heterocycles. The minimum absolute atomic E-state index is 0. The van der Waals surface area contributed by atoms with Crippen molar-refractivity contribution in [1.29, 1.82) is 0 Å². The van der Waals surface area contributed by atoms with Gasteiger partial charge in [-0.1, -0.05) is 13.0 Å². The van der Waals surface area contributed by atoms with E-state index in [1.165, 1.54) is 25.9 Å².